The van der Waals surface area contributed by atoms with E-state index in [0.717, 1.165) is 6.54 Å². The number of aliphatic imine (C=N–C) groups is 1. The van der Waals surface area contributed by atoms with E-state index in [1.54, 1.807) is 0 Å². The quantitative estimate of drug-likeness (QED) is 0.290. The molecular weight excluding hydrogens is 305 g/mol. The summed E-state index contributed by atoms with van der Waals surface area (Å²) in [5.74, 6) is 0. The average molecular weight is 326 g/mol. The summed E-state index contributed by atoms with van der Waals surface area (Å²) in [6, 6.07) is 10.8. The number of thiocarbonyl (C=S) groups is 1. The van der Waals surface area contributed by atoms with Gasteiger partial charge in [0.05, 0.1) is 0 Å². The van der Waals surface area contributed by atoms with Gasteiger partial charge in [-0.2, -0.15) is 0 Å². The first-order valence-corrected chi connectivity index (χ1v) is 8.87. The zero-order chi connectivity index (χ0) is 13.1. The fourth-order valence-electron chi connectivity index (χ4n) is 1.82. The van der Waals surface area contributed by atoms with Crippen LogP contribution in [0.1, 0.15) is 39.0 Å². The number of unbranched alkanes of at least 4 members (excludes halogenated alkanes) is 3. The van der Waals surface area contributed by atoms with Gasteiger partial charge in [-0.25, -0.2) is 0 Å². The van der Waals surface area contributed by atoms with Crippen LogP contribution in [0.5, 0.6) is 0 Å². The van der Waals surface area contributed by atoms with Gasteiger partial charge in [0.1, 0.15) is 0 Å². The van der Waals surface area contributed by atoms with Crippen molar-refractivity contribution in [1.82, 2.24) is 0 Å². The molecule has 0 fully saturated rings. The molecule has 0 aliphatic heterocycles. The van der Waals surface area contributed by atoms with Gasteiger partial charge in [-0.15, -0.1) is 0 Å². The predicted molar refractivity (Wildman–Crippen MR) is 84.2 cm³/mol. The number of isothiocyanates is 1. The van der Waals surface area contributed by atoms with Crippen molar-refractivity contribution in [2.75, 3.05) is 6.54 Å². The molecule has 0 bridgehead atoms. The third-order valence-corrected chi connectivity index (χ3v) is 5.56. The maximum absolute atomic E-state index is 4.68. The summed E-state index contributed by atoms with van der Waals surface area (Å²) in [6.07, 6.45) is 6.59. The van der Waals surface area contributed by atoms with E-state index in [4.69, 9.17) is 0 Å². The molecule has 0 amide bonds. The third-order valence-electron chi connectivity index (χ3n) is 2.79. The Labute approximate surface area is 122 Å². The topological polar surface area (TPSA) is 12.4 Å². The first-order valence-electron chi connectivity index (χ1n) is 6.62. The Hall–Kier alpha value is -0.461. The summed E-state index contributed by atoms with van der Waals surface area (Å²) in [5, 5.41) is 2.50. The van der Waals surface area contributed by atoms with Crippen LogP contribution in [0, 0.1) is 0 Å². The van der Waals surface area contributed by atoms with E-state index in [1.807, 2.05) is 0 Å². The van der Waals surface area contributed by atoms with Gasteiger partial charge in [-0.05, 0) is 0 Å². The van der Waals surface area contributed by atoms with Gasteiger partial charge in [0, 0.05) is 0 Å². The summed E-state index contributed by atoms with van der Waals surface area (Å²) >= 11 is 5.18. The molecule has 0 aliphatic rings. The Morgan fingerprint density at radius 3 is 2.67 bits per heavy atom. The summed E-state index contributed by atoms with van der Waals surface area (Å²) in [6.45, 7) is 3.10. The van der Waals surface area contributed by atoms with Crippen molar-refractivity contribution in [3.63, 3.8) is 0 Å². The van der Waals surface area contributed by atoms with Crippen LogP contribution in [0.25, 0.3) is 0 Å². The number of rotatable bonds is 9. The minimum atomic E-state index is 0.503. The van der Waals surface area contributed by atoms with Crippen LogP contribution in [0.2, 0.25) is 4.82 Å². The second-order valence-corrected chi connectivity index (χ2v) is 7.40. The second-order valence-electron chi connectivity index (χ2n) is 4.33. The molecular formula is C15H21NSSe. The van der Waals surface area contributed by atoms with Crippen molar-refractivity contribution in [2.24, 2.45) is 4.99 Å². The molecule has 0 radical (unpaired) electrons. The molecule has 1 unspecified atom stereocenters. The second kappa shape index (κ2) is 10.5. The molecule has 0 heterocycles. The molecule has 1 aromatic carbocycles. The van der Waals surface area contributed by atoms with Crippen molar-refractivity contribution in [3.05, 3.63) is 30.3 Å². The average Bonchev–Trinajstić information content (AvgIpc) is 2.41. The number of hydrogen-bond acceptors (Lipinski definition) is 2. The number of hydrogen-bond donors (Lipinski definition) is 0. The normalized spacial score (nSPS) is 11.8. The van der Waals surface area contributed by atoms with Crippen LogP contribution in [0.3, 0.4) is 0 Å². The summed E-state index contributed by atoms with van der Waals surface area (Å²) in [4.78, 5) is 4.82. The Morgan fingerprint density at radius 2 is 2.00 bits per heavy atom. The van der Waals surface area contributed by atoms with Gasteiger partial charge in [-0.1, -0.05) is 0 Å². The van der Waals surface area contributed by atoms with E-state index in [2.05, 4.69) is 59.6 Å². The number of nitrogens with zero attached hydrogens (tertiary/aromatic N) is 1. The van der Waals surface area contributed by atoms with Crippen LogP contribution in [0.4, 0.5) is 0 Å². The number of benzene rings is 1. The summed E-state index contributed by atoms with van der Waals surface area (Å²) < 4.78 is 1.46. The van der Waals surface area contributed by atoms with E-state index in [9.17, 15) is 0 Å². The first kappa shape index (κ1) is 15.6. The molecule has 18 heavy (non-hydrogen) atoms. The summed E-state index contributed by atoms with van der Waals surface area (Å²) in [5.41, 5.74) is 0. The van der Waals surface area contributed by atoms with Gasteiger partial charge < -0.3 is 0 Å². The molecule has 1 rings (SSSR count). The van der Waals surface area contributed by atoms with Gasteiger partial charge in [0.25, 0.3) is 0 Å². The van der Waals surface area contributed by atoms with Crippen LogP contribution in [-0.4, -0.2) is 26.7 Å². The molecule has 0 saturated carbocycles. The van der Waals surface area contributed by atoms with Crippen LogP contribution >= 0.6 is 12.2 Å². The Balaban J connectivity index is 2.42. The van der Waals surface area contributed by atoms with Crippen molar-refractivity contribution >= 4 is 36.8 Å². The van der Waals surface area contributed by atoms with E-state index >= 15 is 0 Å². The molecule has 3 heteroatoms. The molecule has 0 N–H and O–H groups in total. The predicted octanol–water partition coefficient (Wildman–Crippen LogP) is 3.88. The summed E-state index contributed by atoms with van der Waals surface area (Å²) in [7, 11) is 0. The van der Waals surface area contributed by atoms with Gasteiger partial charge >= 0.3 is 123 Å². The van der Waals surface area contributed by atoms with Crippen molar-refractivity contribution in [1.29, 1.82) is 0 Å². The van der Waals surface area contributed by atoms with Gasteiger partial charge in [-0.3, -0.25) is 0 Å². The van der Waals surface area contributed by atoms with Crippen molar-refractivity contribution in [3.8, 4) is 0 Å². The van der Waals surface area contributed by atoms with E-state index in [0.29, 0.717) is 19.8 Å². The Morgan fingerprint density at radius 1 is 1.22 bits per heavy atom. The van der Waals surface area contributed by atoms with E-state index in [-0.39, 0.29) is 0 Å². The van der Waals surface area contributed by atoms with E-state index < -0.39 is 0 Å². The molecule has 98 valence electrons. The molecule has 0 spiro atoms. The van der Waals surface area contributed by atoms with Gasteiger partial charge in [0.15, 0.2) is 0 Å². The first-order chi connectivity index (χ1) is 8.86. The molecule has 0 aliphatic carbocycles. The van der Waals surface area contributed by atoms with Crippen molar-refractivity contribution < 1.29 is 0 Å². The van der Waals surface area contributed by atoms with E-state index in [1.165, 1.54) is 36.6 Å². The molecule has 1 aromatic rings. The fraction of sp³-hybridized carbons (Fsp3) is 0.533. The molecule has 1 nitrogen and oxygen atoms in total. The zero-order valence-electron chi connectivity index (χ0n) is 11.0. The van der Waals surface area contributed by atoms with Gasteiger partial charge in [0.2, 0.25) is 0 Å². The van der Waals surface area contributed by atoms with Crippen LogP contribution in [0.15, 0.2) is 35.3 Å². The maximum atomic E-state index is 4.68. The zero-order valence-corrected chi connectivity index (χ0v) is 13.5. The monoisotopic (exact) mass is 327 g/mol. The molecule has 1 atom stereocenters. The standard InChI is InChI=1S/C15H21NSSe/c1-2-3-4-6-11-15(12-16-13-17)18-14-9-7-5-8-10-14/h5,7-10,15H,2-4,6,11-12H2,1H3. The Bertz CT molecular complexity index is 360. The Kier molecular flexibility index (Phi) is 9.06. The minimum absolute atomic E-state index is 0.503. The van der Waals surface area contributed by atoms with Crippen LogP contribution in [-0.2, 0) is 0 Å². The molecule has 0 saturated heterocycles. The van der Waals surface area contributed by atoms with Crippen LogP contribution < -0.4 is 4.46 Å². The fourth-order valence-corrected chi connectivity index (χ4v) is 4.27. The SMILES string of the molecule is CCCCCCC(CN=C=S)[Se]c1ccccc1. The van der Waals surface area contributed by atoms with Crippen molar-refractivity contribution in [2.45, 2.75) is 43.8 Å². The molecule has 0 aromatic heterocycles. The third kappa shape index (κ3) is 7.08.